The number of carboxylic acids is 1. The SMILES string of the molecule is COCC1(C(=O)O)CCN(C(=O)Cn2c(=O)n(C)c3ccccc32)C1. The smallest absolute Gasteiger partial charge is 0.329 e. The number of hydrogen-bond acceptors (Lipinski definition) is 4. The van der Waals surface area contributed by atoms with Crippen LogP contribution in [0.4, 0.5) is 0 Å². The second-order valence-corrected chi connectivity index (χ2v) is 6.50. The first-order valence-electron chi connectivity index (χ1n) is 8.04. The molecule has 1 unspecified atom stereocenters. The lowest BCUT2D eigenvalue weighted by Crippen LogP contribution is -2.41. The Hall–Kier alpha value is -2.61. The lowest BCUT2D eigenvalue weighted by Gasteiger charge is -2.23. The number of para-hydroxylation sites is 2. The quantitative estimate of drug-likeness (QED) is 0.839. The molecule has 2 aromatic rings. The van der Waals surface area contributed by atoms with Crippen LogP contribution in [0, 0.1) is 5.41 Å². The summed E-state index contributed by atoms with van der Waals surface area (Å²) in [5, 5.41) is 9.50. The van der Waals surface area contributed by atoms with Gasteiger partial charge in [-0.05, 0) is 18.6 Å². The van der Waals surface area contributed by atoms with E-state index < -0.39 is 11.4 Å². The first kappa shape index (κ1) is 17.2. The fraction of sp³-hybridized carbons (Fsp3) is 0.471. The number of carbonyl (C=O) groups excluding carboxylic acids is 1. The van der Waals surface area contributed by atoms with Gasteiger partial charge in [0.25, 0.3) is 0 Å². The number of benzene rings is 1. The van der Waals surface area contributed by atoms with E-state index in [1.165, 1.54) is 21.1 Å². The lowest BCUT2D eigenvalue weighted by atomic mass is 9.88. The van der Waals surface area contributed by atoms with Crippen molar-refractivity contribution in [3.05, 3.63) is 34.7 Å². The number of likely N-dealkylation sites (tertiary alicyclic amines) is 1. The Balaban J connectivity index is 1.84. The van der Waals surface area contributed by atoms with Gasteiger partial charge in [0, 0.05) is 27.2 Å². The third-order valence-electron chi connectivity index (χ3n) is 4.93. The molecule has 3 rings (SSSR count). The molecule has 1 N–H and O–H groups in total. The number of imidazole rings is 1. The van der Waals surface area contributed by atoms with E-state index in [1.54, 1.807) is 13.1 Å². The maximum atomic E-state index is 12.7. The van der Waals surface area contributed by atoms with Crippen molar-refractivity contribution >= 4 is 22.9 Å². The van der Waals surface area contributed by atoms with Gasteiger partial charge in [0.1, 0.15) is 12.0 Å². The Morgan fingerprint density at radius 3 is 2.60 bits per heavy atom. The molecule has 1 aliphatic heterocycles. The molecule has 0 spiro atoms. The number of carbonyl (C=O) groups is 2. The molecule has 1 saturated heterocycles. The summed E-state index contributed by atoms with van der Waals surface area (Å²) in [6.45, 7) is 0.381. The highest BCUT2D eigenvalue weighted by Gasteiger charge is 2.46. The molecule has 0 bridgehead atoms. The Kier molecular flexibility index (Phi) is 4.38. The third-order valence-corrected chi connectivity index (χ3v) is 4.93. The minimum atomic E-state index is -1.08. The van der Waals surface area contributed by atoms with Crippen LogP contribution >= 0.6 is 0 Å². The number of carboxylic acid groups (broad SMARTS) is 1. The first-order chi connectivity index (χ1) is 11.9. The topological polar surface area (TPSA) is 93.8 Å². The van der Waals surface area contributed by atoms with Gasteiger partial charge in [-0.25, -0.2) is 4.79 Å². The van der Waals surface area contributed by atoms with E-state index in [0.717, 1.165) is 5.52 Å². The van der Waals surface area contributed by atoms with Crippen LogP contribution in [-0.2, 0) is 27.9 Å². The zero-order valence-electron chi connectivity index (χ0n) is 14.3. The number of aliphatic carboxylic acids is 1. The van der Waals surface area contributed by atoms with Crippen LogP contribution in [-0.4, -0.2) is 57.8 Å². The molecular formula is C17H21N3O5. The van der Waals surface area contributed by atoms with Crippen LogP contribution in [0.1, 0.15) is 6.42 Å². The van der Waals surface area contributed by atoms with E-state index in [1.807, 2.05) is 18.2 Å². The average Bonchev–Trinajstić information content (AvgIpc) is 3.13. The van der Waals surface area contributed by atoms with Gasteiger partial charge in [-0.3, -0.25) is 18.7 Å². The maximum absolute atomic E-state index is 12.7. The minimum Gasteiger partial charge on any atom is -0.481 e. The Labute approximate surface area is 144 Å². The van der Waals surface area contributed by atoms with E-state index in [9.17, 15) is 19.5 Å². The summed E-state index contributed by atoms with van der Waals surface area (Å²) in [7, 11) is 3.11. The van der Waals surface area contributed by atoms with Gasteiger partial charge in [0.05, 0.1) is 17.6 Å². The molecule has 8 nitrogen and oxygen atoms in total. The summed E-state index contributed by atoms with van der Waals surface area (Å²) in [4.78, 5) is 38.2. The summed E-state index contributed by atoms with van der Waals surface area (Å²) in [5.41, 5.74) is 0.0915. The largest absolute Gasteiger partial charge is 0.481 e. The number of nitrogens with zero attached hydrogens (tertiary/aromatic N) is 3. The molecule has 1 atom stereocenters. The van der Waals surface area contributed by atoms with Gasteiger partial charge in [0.2, 0.25) is 5.91 Å². The lowest BCUT2D eigenvalue weighted by molar-refractivity contribution is -0.151. The van der Waals surface area contributed by atoms with Crippen LogP contribution in [0.5, 0.6) is 0 Å². The molecule has 1 amide bonds. The van der Waals surface area contributed by atoms with Gasteiger partial charge in [-0.2, -0.15) is 0 Å². The van der Waals surface area contributed by atoms with E-state index in [-0.39, 0.29) is 31.3 Å². The predicted molar refractivity (Wildman–Crippen MR) is 90.3 cm³/mol. The highest BCUT2D eigenvalue weighted by Crippen LogP contribution is 2.31. The normalized spacial score (nSPS) is 20.3. The Morgan fingerprint density at radius 2 is 1.96 bits per heavy atom. The zero-order valence-corrected chi connectivity index (χ0v) is 14.3. The summed E-state index contributed by atoms with van der Waals surface area (Å²) < 4.78 is 7.96. The van der Waals surface area contributed by atoms with Gasteiger partial charge < -0.3 is 14.7 Å². The van der Waals surface area contributed by atoms with Crippen molar-refractivity contribution in [2.45, 2.75) is 13.0 Å². The number of hydrogen-bond donors (Lipinski definition) is 1. The number of amides is 1. The van der Waals surface area contributed by atoms with Crippen LogP contribution in [0.2, 0.25) is 0 Å². The fourth-order valence-corrected chi connectivity index (χ4v) is 3.47. The number of rotatable bonds is 5. The van der Waals surface area contributed by atoms with Gasteiger partial charge in [-0.15, -0.1) is 0 Å². The van der Waals surface area contributed by atoms with Crippen molar-refractivity contribution in [1.29, 1.82) is 0 Å². The van der Waals surface area contributed by atoms with E-state index >= 15 is 0 Å². The van der Waals surface area contributed by atoms with Gasteiger partial charge >= 0.3 is 11.7 Å². The van der Waals surface area contributed by atoms with Crippen molar-refractivity contribution in [1.82, 2.24) is 14.0 Å². The second-order valence-electron chi connectivity index (χ2n) is 6.50. The van der Waals surface area contributed by atoms with Crippen LogP contribution in [0.25, 0.3) is 11.0 Å². The number of fused-ring (bicyclic) bond motifs is 1. The van der Waals surface area contributed by atoms with Gasteiger partial charge in [0.15, 0.2) is 0 Å². The van der Waals surface area contributed by atoms with Crippen molar-refractivity contribution in [2.75, 3.05) is 26.8 Å². The van der Waals surface area contributed by atoms with E-state index in [4.69, 9.17) is 4.74 Å². The van der Waals surface area contributed by atoms with Crippen molar-refractivity contribution in [3.63, 3.8) is 0 Å². The Bertz CT molecular complexity index is 884. The van der Waals surface area contributed by atoms with Crippen LogP contribution in [0.15, 0.2) is 29.1 Å². The molecule has 0 radical (unpaired) electrons. The second kappa shape index (κ2) is 6.36. The summed E-state index contributed by atoms with van der Waals surface area (Å²) in [5.74, 6) is -1.23. The van der Waals surface area contributed by atoms with Gasteiger partial charge in [-0.1, -0.05) is 12.1 Å². The maximum Gasteiger partial charge on any atom is 0.329 e. The predicted octanol–water partition coefficient (Wildman–Crippen LogP) is 0.290. The van der Waals surface area contributed by atoms with E-state index in [2.05, 4.69) is 0 Å². The first-order valence-corrected chi connectivity index (χ1v) is 8.04. The van der Waals surface area contributed by atoms with Crippen LogP contribution in [0.3, 0.4) is 0 Å². The van der Waals surface area contributed by atoms with Crippen LogP contribution < -0.4 is 5.69 Å². The molecule has 1 aromatic carbocycles. The molecule has 1 aromatic heterocycles. The summed E-state index contributed by atoms with van der Waals surface area (Å²) >= 11 is 0. The standard InChI is InChI=1S/C17H21N3O5/c1-18-12-5-3-4-6-13(12)20(16(18)24)9-14(21)19-8-7-17(10-19,11-25-2)15(22)23/h3-6H,7-11H2,1-2H3,(H,22,23). The molecule has 0 saturated carbocycles. The molecule has 1 fully saturated rings. The van der Waals surface area contributed by atoms with E-state index in [0.29, 0.717) is 18.5 Å². The molecule has 0 aliphatic carbocycles. The minimum absolute atomic E-state index is 0.0559. The number of ether oxygens (including phenoxy) is 1. The summed E-state index contributed by atoms with van der Waals surface area (Å²) in [6.07, 6.45) is 0.340. The average molecular weight is 347 g/mol. The summed E-state index contributed by atoms with van der Waals surface area (Å²) in [6, 6.07) is 7.26. The number of methoxy groups -OCH3 is 1. The molecule has 134 valence electrons. The highest BCUT2D eigenvalue weighted by molar-refractivity contribution is 5.83. The van der Waals surface area contributed by atoms with Crippen molar-refractivity contribution in [2.24, 2.45) is 12.5 Å². The monoisotopic (exact) mass is 347 g/mol. The molecule has 2 heterocycles. The zero-order chi connectivity index (χ0) is 18.2. The fourth-order valence-electron chi connectivity index (χ4n) is 3.47. The molecular weight excluding hydrogens is 326 g/mol. The van der Waals surface area contributed by atoms with Crippen molar-refractivity contribution < 1.29 is 19.4 Å². The number of aryl methyl sites for hydroxylation is 1. The molecule has 1 aliphatic rings. The van der Waals surface area contributed by atoms with Crippen molar-refractivity contribution in [3.8, 4) is 0 Å². The molecule has 8 heteroatoms. The third kappa shape index (κ3) is 2.82. The number of aromatic nitrogens is 2. The Morgan fingerprint density at radius 1 is 1.28 bits per heavy atom. The molecule has 25 heavy (non-hydrogen) atoms. The highest BCUT2D eigenvalue weighted by atomic mass is 16.5.